The highest BCUT2D eigenvalue weighted by atomic mass is 35.5. The molecule has 1 fully saturated rings. The van der Waals surface area contributed by atoms with E-state index in [2.05, 4.69) is 50.9 Å². The van der Waals surface area contributed by atoms with Crippen LogP contribution in [0.15, 0.2) is 53.5 Å². The van der Waals surface area contributed by atoms with Gasteiger partial charge in [-0.15, -0.1) is 0 Å². The summed E-state index contributed by atoms with van der Waals surface area (Å²) in [5.41, 5.74) is 3.74. The Bertz CT molecular complexity index is 786. The quantitative estimate of drug-likeness (QED) is 0.481. The number of halogens is 1. The second kappa shape index (κ2) is 11.2. The molecule has 0 unspecified atom stereocenters. The van der Waals surface area contributed by atoms with E-state index in [1.165, 1.54) is 16.7 Å². The van der Waals surface area contributed by atoms with Crippen molar-refractivity contribution < 1.29 is 5.11 Å². The lowest BCUT2D eigenvalue weighted by molar-refractivity contribution is 0.0792. The molecule has 2 aromatic rings. The highest BCUT2D eigenvalue weighted by Gasteiger charge is 2.16. The van der Waals surface area contributed by atoms with Gasteiger partial charge in [-0.3, -0.25) is 9.89 Å². The van der Waals surface area contributed by atoms with Gasteiger partial charge in [0, 0.05) is 44.8 Å². The molecule has 0 bridgehead atoms. The fraction of sp³-hybridized carbons (Fsp3) is 0.435. The van der Waals surface area contributed by atoms with E-state index >= 15 is 0 Å². The monoisotopic (exact) mass is 414 g/mol. The molecule has 0 spiro atoms. The molecule has 0 radical (unpaired) electrons. The summed E-state index contributed by atoms with van der Waals surface area (Å²) in [7, 11) is 1.79. The number of aliphatic hydroxyl groups excluding tert-OH is 1. The minimum Gasteiger partial charge on any atom is -0.393 e. The molecule has 29 heavy (non-hydrogen) atoms. The van der Waals surface area contributed by atoms with Crippen molar-refractivity contribution in [2.45, 2.75) is 38.5 Å². The number of aliphatic imine (C=N–C) groups is 1. The summed E-state index contributed by atoms with van der Waals surface area (Å²) < 4.78 is 0. The van der Waals surface area contributed by atoms with Gasteiger partial charge in [0.25, 0.3) is 0 Å². The highest BCUT2D eigenvalue weighted by molar-refractivity contribution is 6.30. The van der Waals surface area contributed by atoms with Gasteiger partial charge in [0.1, 0.15) is 0 Å². The first kappa shape index (κ1) is 21.6. The second-order valence-corrected chi connectivity index (χ2v) is 7.99. The Kier molecular flexibility index (Phi) is 8.35. The molecule has 3 N–H and O–H groups in total. The zero-order valence-electron chi connectivity index (χ0n) is 17.1. The van der Waals surface area contributed by atoms with Gasteiger partial charge in [-0.25, -0.2) is 0 Å². The zero-order chi connectivity index (χ0) is 20.5. The Morgan fingerprint density at radius 3 is 2.48 bits per heavy atom. The fourth-order valence-corrected chi connectivity index (χ4v) is 3.74. The van der Waals surface area contributed by atoms with Crippen molar-refractivity contribution in [1.29, 1.82) is 0 Å². The summed E-state index contributed by atoms with van der Waals surface area (Å²) in [6, 6.07) is 16.7. The molecule has 6 heteroatoms. The maximum atomic E-state index is 9.62. The number of nitrogens with zero attached hydrogens (tertiary/aromatic N) is 2. The van der Waals surface area contributed by atoms with Crippen molar-refractivity contribution in [3.8, 4) is 0 Å². The van der Waals surface area contributed by atoms with Gasteiger partial charge in [0.05, 0.1) is 6.10 Å². The smallest absolute Gasteiger partial charge is 0.191 e. The molecule has 1 heterocycles. The normalized spacial score (nSPS) is 16.0. The van der Waals surface area contributed by atoms with Crippen LogP contribution in [0.1, 0.15) is 29.5 Å². The lowest BCUT2D eigenvalue weighted by Gasteiger charge is -2.29. The molecule has 3 rings (SSSR count). The van der Waals surface area contributed by atoms with Crippen LogP contribution in [0, 0.1) is 0 Å². The minimum absolute atomic E-state index is 0.117. The summed E-state index contributed by atoms with van der Waals surface area (Å²) in [5, 5.41) is 17.1. The van der Waals surface area contributed by atoms with Gasteiger partial charge >= 0.3 is 0 Å². The third-order valence-corrected chi connectivity index (χ3v) is 5.50. The molecule has 0 aliphatic carbocycles. The van der Waals surface area contributed by atoms with E-state index in [1.54, 1.807) is 7.05 Å². The van der Waals surface area contributed by atoms with E-state index < -0.39 is 0 Å². The molecule has 0 amide bonds. The Morgan fingerprint density at radius 1 is 1.07 bits per heavy atom. The van der Waals surface area contributed by atoms with Gasteiger partial charge in [0.15, 0.2) is 5.96 Å². The molecule has 1 aliphatic heterocycles. The maximum absolute atomic E-state index is 9.62. The van der Waals surface area contributed by atoms with E-state index in [9.17, 15) is 5.11 Å². The topological polar surface area (TPSA) is 59.9 Å². The van der Waals surface area contributed by atoms with Gasteiger partial charge in [-0.05, 0) is 48.1 Å². The third kappa shape index (κ3) is 7.35. The molecule has 1 saturated heterocycles. The predicted molar refractivity (Wildman–Crippen MR) is 120 cm³/mol. The van der Waals surface area contributed by atoms with Crippen LogP contribution in [-0.4, -0.2) is 48.8 Å². The Morgan fingerprint density at radius 2 is 1.79 bits per heavy atom. The van der Waals surface area contributed by atoms with Crippen LogP contribution < -0.4 is 10.6 Å². The lowest BCUT2D eigenvalue weighted by atomic mass is 10.1. The summed E-state index contributed by atoms with van der Waals surface area (Å²) in [5.74, 6) is 0.794. The van der Waals surface area contributed by atoms with E-state index in [-0.39, 0.29) is 6.10 Å². The number of rotatable bonds is 7. The number of hydrogen-bond donors (Lipinski definition) is 3. The second-order valence-electron chi connectivity index (χ2n) is 7.56. The van der Waals surface area contributed by atoms with Gasteiger partial charge in [-0.1, -0.05) is 48.0 Å². The first-order chi connectivity index (χ1) is 14.1. The van der Waals surface area contributed by atoms with Crippen LogP contribution in [-0.2, 0) is 19.5 Å². The van der Waals surface area contributed by atoms with Gasteiger partial charge in [0.2, 0.25) is 0 Å². The van der Waals surface area contributed by atoms with Crippen LogP contribution in [0.5, 0.6) is 0 Å². The van der Waals surface area contributed by atoms with E-state index in [0.29, 0.717) is 0 Å². The van der Waals surface area contributed by atoms with Crippen molar-refractivity contribution in [3.05, 3.63) is 70.2 Å². The number of likely N-dealkylation sites (tertiary alicyclic amines) is 1. The Hall–Kier alpha value is -2.08. The van der Waals surface area contributed by atoms with E-state index in [1.807, 2.05) is 18.2 Å². The maximum Gasteiger partial charge on any atom is 0.191 e. The fourth-order valence-electron chi connectivity index (χ4n) is 3.52. The van der Waals surface area contributed by atoms with Crippen LogP contribution >= 0.6 is 11.6 Å². The summed E-state index contributed by atoms with van der Waals surface area (Å²) >= 11 is 6.03. The largest absolute Gasteiger partial charge is 0.393 e. The summed E-state index contributed by atoms with van der Waals surface area (Å²) in [6.07, 6.45) is 2.54. The molecule has 0 saturated carbocycles. The first-order valence-corrected chi connectivity index (χ1v) is 10.7. The SMILES string of the molecule is CN=C(NCCc1cccc(Cl)c1)NCc1ccc(CN2CCC(O)CC2)cc1. The Balaban J connectivity index is 1.40. The number of piperidine rings is 1. The summed E-state index contributed by atoms with van der Waals surface area (Å²) in [4.78, 5) is 6.70. The number of hydrogen-bond acceptors (Lipinski definition) is 3. The van der Waals surface area contributed by atoms with E-state index in [0.717, 1.165) is 63.0 Å². The van der Waals surface area contributed by atoms with Crippen molar-refractivity contribution in [3.63, 3.8) is 0 Å². The van der Waals surface area contributed by atoms with Crippen LogP contribution in [0.4, 0.5) is 0 Å². The lowest BCUT2D eigenvalue weighted by Crippen LogP contribution is -2.37. The van der Waals surface area contributed by atoms with Crippen LogP contribution in [0.3, 0.4) is 0 Å². The molecule has 156 valence electrons. The average Bonchev–Trinajstić information content (AvgIpc) is 2.73. The van der Waals surface area contributed by atoms with Crippen molar-refractivity contribution in [2.75, 3.05) is 26.7 Å². The van der Waals surface area contributed by atoms with Crippen molar-refractivity contribution in [1.82, 2.24) is 15.5 Å². The number of benzene rings is 2. The molecule has 0 atom stereocenters. The van der Waals surface area contributed by atoms with Crippen molar-refractivity contribution in [2.24, 2.45) is 4.99 Å². The molecule has 1 aliphatic rings. The first-order valence-electron chi connectivity index (χ1n) is 10.3. The average molecular weight is 415 g/mol. The number of aliphatic hydroxyl groups is 1. The van der Waals surface area contributed by atoms with Gasteiger partial charge < -0.3 is 15.7 Å². The van der Waals surface area contributed by atoms with Crippen molar-refractivity contribution >= 4 is 17.6 Å². The third-order valence-electron chi connectivity index (χ3n) is 5.26. The van der Waals surface area contributed by atoms with Crippen LogP contribution in [0.2, 0.25) is 5.02 Å². The van der Waals surface area contributed by atoms with Crippen LogP contribution in [0.25, 0.3) is 0 Å². The molecule has 2 aromatic carbocycles. The summed E-state index contributed by atoms with van der Waals surface area (Å²) in [6.45, 7) is 4.42. The standard InChI is InChI=1S/C23H31ClN4O/c1-25-23(26-12-9-18-3-2-4-21(24)15-18)27-16-19-5-7-20(8-6-19)17-28-13-10-22(29)11-14-28/h2-8,15,22,29H,9-14,16-17H2,1H3,(H2,25,26,27). The minimum atomic E-state index is -0.117. The number of nitrogens with one attached hydrogen (secondary N) is 2. The zero-order valence-corrected chi connectivity index (χ0v) is 17.8. The molecule has 0 aromatic heterocycles. The molecular weight excluding hydrogens is 384 g/mol. The number of guanidine groups is 1. The predicted octanol–water partition coefficient (Wildman–Crippen LogP) is 3.20. The highest BCUT2D eigenvalue weighted by Crippen LogP contribution is 2.14. The van der Waals surface area contributed by atoms with E-state index in [4.69, 9.17) is 11.6 Å². The molecular formula is C23H31ClN4O. The van der Waals surface area contributed by atoms with Gasteiger partial charge in [-0.2, -0.15) is 0 Å². The molecule has 5 nitrogen and oxygen atoms in total. The Labute approximate surface area is 178 Å².